The van der Waals surface area contributed by atoms with Crippen LogP contribution in [0.25, 0.3) is 0 Å². The van der Waals surface area contributed by atoms with Crippen molar-refractivity contribution in [3.05, 3.63) is 4.83 Å². The third-order valence-electron chi connectivity index (χ3n) is 0.649. The number of rotatable bonds is 0. The fourth-order valence-corrected chi connectivity index (χ4v) is 1.88. The summed E-state index contributed by atoms with van der Waals surface area (Å²) in [7, 11) is 0. The molecule has 0 N–H and O–H groups in total. The molecular formula is C3H2Br3. The molecule has 1 radical (unpaired) electrons. The minimum absolute atomic E-state index is 0.167. The molecule has 0 aliphatic heterocycles. The standard InChI is InChI=1S/C3H2Br3/c4-2-1-3(2,5)6/h1H2. The van der Waals surface area contributed by atoms with E-state index in [1.165, 1.54) is 4.83 Å². The lowest BCUT2D eigenvalue weighted by Gasteiger charge is -1.84. The molecule has 1 rings (SSSR count). The van der Waals surface area contributed by atoms with Gasteiger partial charge in [0.1, 0.15) is 0 Å². The third kappa shape index (κ3) is 0.984. The van der Waals surface area contributed by atoms with Gasteiger partial charge in [-0.25, -0.2) is 0 Å². The summed E-state index contributed by atoms with van der Waals surface area (Å²) in [5.74, 6) is 0. The predicted octanol–water partition coefficient (Wildman–Crippen LogP) is 2.80. The highest BCUT2D eigenvalue weighted by molar-refractivity contribution is 9.27. The van der Waals surface area contributed by atoms with E-state index in [0.29, 0.717) is 0 Å². The van der Waals surface area contributed by atoms with Crippen LogP contribution in [0.1, 0.15) is 6.42 Å². The van der Waals surface area contributed by atoms with E-state index in [1.807, 2.05) is 0 Å². The first-order valence-corrected chi connectivity index (χ1v) is 3.90. The second-order valence-corrected chi connectivity index (χ2v) is 6.01. The first kappa shape index (κ1) is 5.57. The number of halogens is 3. The second-order valence-electron chi connectivity index (χ2n) is 1.29. The maximum atomic E-state index is 3.38. The van der Waals surface area contributed by atoms with Crippen LogP contribution in [-0.4, -0.2) is 3.23 Å². The van der Waals surface area contributed by atoms with Crippen LogP contribution < -0.4 is 0 Å². The van der Waals surface area contributed by atoms with Crippen LogP contribution in [0.4, 0.5) is 0 Å². The zero-order valence-electron chi connectivity index (χ0n) is 2.84. The molecule has 0 amide bonds. The number of hydrogen-bond acceptors (Lipinski definition) is 0. The summed E-state index contributed by atoms with van der Waals surface area (Å²) in [5, 5.41) is 0. The molecule has 0 aromatic heterocycles. The molecule has 0 aromatic carbocycles. The average molecular weight is 278 g/mol. The highest BCUT2D eigenvalue weighted by Gasteiger charge is 2.49. The lowest BCUT2D eigenvalue weighted by Crippen LogP contribution is -1.75. The summed E-state index contributed by atoms with van der Waals surface area (Å²) in [5.41, 5.74) is 0. The summed E-state index contributed by atoms with van der Waals surface area (Å²) < 4.78 is 0.167. The Balaban J connectivity index is 2.41. The van der Waals surface area contributed by atoms with Gasteiger partial charge < -0.3 is 0 Å². The van der Waals surface area contributed by atoms with Crippen molar-refractivity contribution in [1.82, 2.24) is 0 Å². The first-order valence-electron chi connectivity index (χ1n) is 1.52. The van der Waals surface area contributed by atoms with Crippen molar-refractivity contribution in [2.75, 3.05) is 0 Å². The Morgan fingerprint density at radius 1 is 1.50 bits per heavy atom. The highest BCUT2D eigenvalue weighted by atomic mass is 79.9. The van der Waals surface area contributed by atoms with E-state index in [1.54, 1.807) is 0 Å². The number of hydrogen-bond donors (Lipinski definition) is 0. The largest absolute Gasteiger partial charge is 0.0987 e. The molecule has 1 saturated carbocycles. The van der Waals surface area contributed by atoms with Gasteiger partial charge in [-0.15, -0.1) is 0 Å². The Morgan fingerprint density at radius 2 is 1.67 bits per heavy atom. The lowest BCUT2D eigenvalue weighted by atomic mass is 11.0. The summed E-state index contributed by atoms with van der Waals surface area (Å²) in [6.45, 7) is 0. The topological polar surface area (TPSA) is 0 Å². The maximum Gasteiger partial charge on any atom is 0.0987 e. The van der Waals surface area contributed by atoms with Crippen molar-refractivity contribution in [3.63, 3.8) is 0 Å². The summed E-state index contributed by atoms with van der Waals surface area (Å²) >= 11 is 10.1. The molecule has 0 bridgehead atoms. The quantitative estimate of drug-likeness (QED) is 0.598. The SMILES string of the molecule is Br[C]1CC1(Br)Br. The van der Waals surface area contributed by atoms with Crippen LogP contribution in [0, 0.1) is 4.83 Å². The Kier molecular flexibility index (Phi) is 1.35. The Morgan fingerprint density at radius 3 is 1.67 bits per heavy atom. The summed E-state index contributed by atoms with van der Waals surface area (Å²) in [4.78, 5) is 1.30. The van der Waals surface area contributed by atoms with Gasteiger partial charge in [0.15, 0.2) is 0 Å². The maximum absolute atomic E-state index is 3.38. The van der Waals surface area contributed by atoms with Crippen LogP contribution in [0.2, 0.25) is 0 Å². The Hall–Kier alpha value is 1.44. The van der Waals surface area contributed by atoms with Gasteiger partial charge in [0.2, 0.25) is 0 Å². The molecule has 3 heteroatoms. The van der Waals surface area contributed by atoms with Gasteiger partial charge >= 0.3 is 0 Å². The Bertz CT molecular complexity index is 68.4. The molecule has 0 nitrogen and oxygen atoms in total. The van der Waals surface area contributed by atoms with Crippen LogP contribution in [0.3, 0.4) is 0 Å². The highest BCUT2D eigenvalue weighted by Crippen LogP contribution is 2.61. The van der Waals surface area contributed by atoms with Crippen LogP contribution >= 0.6 is 47.8 Å². The molecule has 0 aromatic rings. The predicted molar refractivity (Wildman–Crippen MR) is 37.4 cm³/mol. The van der Waals surface area contributed by atoms with E-state index in [0.717, 1.165) is 6.42 Å². The van der Waals surface area contributed by atoms with Crippen molar-refractivity contribution in [3.8, 4) is 0 Å². The Labute approximate surface area is 62.1 Å². The molecule has 1 aliphatic rings. The second kappa shape index (κ2) is 1.46. The first-order chi connectivity index (χ1) is 2.63. The van der Waals surface area contributed by atoms with E-state index < -0.39 is 0 Å². The van der Waals surface area contributed by atoms with Crippen molar-refractivity contribution < 1.29 is 0 Å². The normalized spacial score (nSPS) is 30.5. The van der Waals surface area contributed by atoms with Crippen LogP contribution in [0.15, 0.2) is 0 Å². The van der Waals surface area contributed by atoms with Gasteiger partial charge in [0, 0.05) is 0 Å². The zero-order chi connectivity index (χ0) is 4.78. The lowest BCUT2D eigenvalue weighted by molar-refractivity contribution is 1.48. The van der Waals surface area contributed by atoms with Gasteiger partial charge in [0.05, 0.1) is 8.06 Å². The molecule has 0 saturated heterocycles. The molecular weight excluding hydrogens is 276 g/mol. The molecule has 0 atom stereocenters. The third-order valence-corrected chi connectivity index (χ3v) is 4.19. The van der Waals surface area contributed by atoms with E-state index in [-0.39, 0.29) is 3.23 Å². The fourth-order valence-electron chi connectivity index (χ4n) is 0.151. The average Bonchev–Trinajstić information content (AvgIpc) is 1.73. The van der Waals surface area contributed by atoms with Crippen LogP contribution in [0.5, 0.6) is 0 Å². The molecule has 35 valence electrons. The van der Waals surface area contributed by atoms with Gasteiger partial charge in [0.25, 0.3) is 0 Å². The van der Waals surface area contributed by atoms with Gasteiger partial charge in [-0.05, 0) is 6.42 Å². The van der Waals surface area contributed by atoms with Gasteiger partial charge in [-0.1, -0.05) is 47.8 Å². The van der Waals surface area contributed by atoms with Gasteiger partial charge in [-0.2, -0.15) is 0 Å². The minimum atomic E-state index is 0.167. The summed E-state index contributed by atoms with van der Waals surface area (Å²) in [6, 6.07) is 0. The van der Waals surface area contributed by atoms with E-state index in [2.05, 4.69) is 47.8 Å². The van der Waals surface area contributed by atoms with Gasteiger partial charge in [-0.3, -0.25) is 0 Å². The molecule has 0 heterocycles. The molecule has 0 spiro atoms. The van der Waals surface area contributed by atoms with Crippen molar-refractivity contribution >= 4 is 47.8 Å². The van der Waals surface area contributed by atoms with E-state index in [4.69, 9.17) is 0 Å². The van der Waals surface area contributed by atoms with Crippen LogP contribution in [-0.2, 0) is 0 Å². The van der Waals surface area contributed by atoms with Crippen molar-refractivity contribution in [1.29, 1.82) is 0 Å². The molecule has 6 heavy (non-hydrogen) atoms. The smallest absolute Gasteiger partial charge is 0.0811 e. The molecule has 0 unspecified atom stereocenters. The summed E-state index contributed by atoms with van der Waals surface area (Å²) in [6.07, 6.45) is 1.10. The monoisotopic (exact) mass is 275 g/mol. The van der Waals surface area contributed by atoms with Crippen molar-refractivity contribution in [2.45, 2.75) is 9.65 Å². The molecule has 1 fully saturated rings. The van der Waals surface area contributed by atoms with Crippen molar-refractivity contribution in [2.24, 2.45) is 0 Å². The molecule has 1 aliphatic carbocycles. The zero-order valence-corrected chi connectivity index (χ0v) is 7.60. The van der Waals surface area contributed by atoms with E-state index >= 15 is 0 Å². The minimum Gasteiger partial charge on any atom is -0.0811 e. The fraction of sp³-hybridized carbons (Fsp3) is 0.667. The number of alkyl halides is 2. The van der Waals surface area contributed by atoms with E-state index in [9.17, 15) is 0 Å².